The Kier molecular flexibility index (Phi) is 6.77. The Hall–Kier alpha value is -1.64. The highest BCUT2D eigenvalue weighted by atomic mass is 16.5. The number of ketones is 1. The molecule has 1 aromatic carbocycles. The molecule has 3 nitrogen and oxygen atoms in total. The van der Waals surface area contributed by atoms with Crippen LogP contribution in [-0.4, -0.2) is 18.4 Å². The molecule has 98 valence electrons. The van der Waals surface area contributed by atoms with E-state index in [1.807, 2.05) is 6.07 Å². The maximum Gasteiger partial charge on any atom is 0.338 e. The van der Waals surface area contributed by atoms with Crippen molar-refractivity contribution in [2.75, 3.05) is 6.61 Å². The van der Waals surface area contributed by atoms with Gasteiger partial charge in [-0.3, -0.25) is 4.79 Å². The largest absolute Gasteiger partial charge is 0.462 e. The summed E-state index contributed by atoms with van der Waals surface area (Å²) < 4.78 is 5.09. The van der Waals surface area contributed by atoms with Crippen molar-refractivity contribution in [1.82, 2.24) is 0 Å². The smallest absolute Gasteiger partial charge is 0.338 e. The highest BCUT2D eigenvalue weighted by molar-refractivity contribution is 5.89. The van der Waals surface area contributed by atoms with Crippen molar-refractivity contribution >= 4 is 11.8 Å². The van der Waals surface area contributed by atoms with Gasteiger partial charge in [0.05, 0.1) is 12.2 Å². The Morgan fingerprint density at radius 3 is 2.39 bits per heavy atom. The molecule has 1 rings (SSSR count). The van der Waals surface area contributed by atoms with Crippen molar-refractivity contribution in [3.8, 4) is 0 Å². The van der Waals surface area contributed by atoms with Crippen LogP contribution >= 0.6 is 0 Å². The number of esters is 1. The van der Waals surface area contributed by atoms with Crippen LogP contribution in [0.5, 0.6) is 0 Å². The molecule has 0 fully saturated rings. The van der Waals surface area contributed by atoms with Crippen molar-refractivity contribution in [2.24, 2.45) is 0 Å². The Morgan fingerprint density at radius 2 is 1.72 bits per heavy atom. The molecule has 0 atom stereocenters. The molecule has 0 aliphatic heterocycles. The van der Waals surface area contributed by atoms with E-state index in [1.165, 1.54) is 0 Å². The van der Waals surface area contributed by atoms with Crippen molar-refractivity contribution in [1.29, 1.82) is 0 Å². The van der Waals surface area contributed by atoms with Crippen LogP contribution in [-0.2, 0) is 9.53 Å². The molecule has 0 saturated heterocycles. The number of carbonyl (C=O) groups excluding carboxylic acids is 2. The summed E-state index contributed by atoms with van der Waals surface area (Å²) in [4.78, 5) is 22.9. The summed E-state index contributed by atoms with van der Waals surface area (Å²) in [5.41, 5.74) is 0.551. The number of unbranched alkanes of at least 4 members (excludes halogenated alkanes) is 1. The van der Waals surface area contributed by atoms with Crippen LogP contribution in [0.15, 0.2) is 30.3 Å². The summed E-state index contributed by atoms with van der Waals surface area (Å²) in [6, 6.07) is 8.88. The van der Waals surface area contributed by atoms with Gasteiger partial charge in [0.15, 0.2) is 0 Å². The molecular formula is C15H20O3. The molecule has 0 aromatic heterocycles. The van der Waals surface area contributed by atoms with Gasteiger partial charge in [0.25, 0.3) is 0 Å². The van der Waals surface area contributed by atoms with Gasteiger partial charge in [-0.05, 0) is 25.0 Å². The molecule has 18 heavy (non-hydrogen) atoms. The summed E-state index contributed by atoms with van der Waals surface area (Å²) in [7, 11) is 0. The molecule has 0 N–H and O–H groups in total. The lowest BCUT2D eigenvalue weighted by molar-refractivity contribution is -0.119. The molecule has 0 heterocycles. The van der Waals surface area contributed by atoms with Gasteiger partial charge < -0.3 is 4.74 Å². The van der Waals surface area contributed by atoms with Crippen LogP contribution in [0, 0.1) is 0 Å². The lowest BCUT2D eigenvalue weighted by atomic mass is 10.1. The van der Waals surface area contributed by atoms with Crippen LogP contribution in [0.25, 0.3) is 0 Å². The van der Waals surface area contributed by atoms with E-state index in [4.69, 9.17) is 4.74 Å². The minimum absolute atomic E-state index is 0.257. The second-order valence-corrected chi connectivity index (χ2v) is 4.25. The molecule has 0 radical (unpaired) electrons. The first-order chi connectivity index (χ1) is 8.74. The third kappa shape index (κ3) is 5.62. The van der Waals surface area contributed by atoms with E-state index in [1.54, 1.807) is 24.3 Å². The third-order valence-electron chi connectivity index (χ3n) is 2.65. The van der Waals surface area contributed by atoms with E-state index in [2.05, 4.69) is 6.92 Å². The number of rotatable bonds is 8. The molecule has 0 bridgehead atoms. The fourth-order valence-electron chi connectivity index (χ4n) is 1.59. The van der Waals surface area contributed by atoms with Crippen LogP contribution in [0.3, 0.4) is 0 Å². The third-order valence-corrected chi connectivity index (χ3v) is 2.65. The standard InChI is InChI=1S/C15H20O3/c1-2-3-10-14(16)11-7-12-18-15(17)13-8-5-4-6-9-13/h4-6,8-9H,2-3,7,10-12H2,1H3. The van der Waals surface area contributed by atoms with E-state index < -0.39 is 0 Å². The van der Waals surface area contributed by atoms with E-state index in [0.717, 1.165) is 12.8 Å². The van der Waals surface area contributed by atoms with Crippen LogP contribution in [0.4, 0.5) is 0 Å². The maximum atomic E-state index is 11.6. The number of benzene rings is 1. The Morgan fingerprint density at radius 1 is 1.06 bits per heavy atom. The lowest BCUT2D eigenvalue weighted by Gasteiger charge is -2.04. The summed E-state index contributed by atoms with van der Waals surface area (Å²) >= 11 is 0. The Balaban J connectivity index is 2.15. The molecule has 0 unspecified atom stereocenters. The highest BCUT2D eigenvalue weighted by Gasteiger charge is 2.06. The van der Waals surface area contributed by atoms with E-state index in [-0.39, 0.29) is 11.8 Å². The second-order valence-electron chi connectivity index (χ2n) is 4.25. The van der Waals surface area contributed by atoms with Gasteiger partial charge in [0, 0.05) is 12.8 Å². The zero-order valence-electron chi connectivity index (χ0n) is 10.9. The predicted molar refractivity (Wildman–Crippen MR) is 70.5 cm³/mol. The van der Waals surface area contributed by atoms with E-state index in [9.17, 15) is 9.59 Å². The second kappa shape index (κ2) is 8.45. The van der Waals surface area contributed by atoms with Gasteiger partial charge in [0.2, 0.25) is 0 Å². The van der Waals surface area contributed by atoms with Crippen molar-refractivity contribution < 1.29 is 14.3 Å². The van der Waals surface area contributed by atoms with Gasteiger partial charge in [0.1, 0.15) is 5.78 Å². The number of hydrogen-bond donors (Lipinski definition) is 0. The lowest BCUT2D eigenvalue weighted by Crippen LogP contribution is -2.07. The fourth-order valence-corrected chi connectivity index (χ4v) is 1.59. The molecule has 0 aliphatic rings. The maximum absolute atomic E-state index is 11.6. The van der Waals surface area contributed by atoms with Gasteiger partial charge in [-0.2, -0.15) is 0 Å². The number of hydrogen-bond acceptors (Lipinski definition) is 3. The minimum atomic E-state index is -0.323. The first-order valence-corrected chi connectivity index (χ1v) is 6.48. The van der Waals surface area contributed by atoms with Crippen molar-refractivity contribution in [2.45, 2.75) is 39.0 Å². The van der Waals surface area contributed by atoms with Crippen molar-refractivity contribution in [3.63, 3.8) is 0 Å². The highest BCUT2D eigenvalue weighted by Crippen LogP contribution is 2.04. The fraction of sp³-hybridized carbons (Fsp3) is 0.467. The molecule has 0 amide bonds. The van der Waals surface area contributed by atoms with Crippen LogP contribution in [0.1, 0.15) is 49.4 Å². The predicted octanol–water partition coefficient (Wildman–Crippen LogP) is 3.38. The summed E-state index contributed by atoms with van der Waals surface area (Å²) in [5, 5.41) is 0. The average Bonchev–Trinajstić information content (AvgIpc) is 2.42. The normalized spacial score (nSPS) is 10.1. The Labute approximate surface area is 108 Å². The van der Waals surface area contributed by atoms with E-state index >= 15 is 0 Å². The van der Waals surface area contributed by atoms with Gasteiger partial charge in [-0.15, -0.1) is 0 Å². The average molecular weight is 248 g/mol. The summed E-state index contributed by atoms with van der Waals surface area (Å²) in [5.74, 6) is -0.0655. The first kappa shape index (κ1) is 14.4. The molecular weight excluding hydrogens is 228 g/mol. The minimum Gasteiger partial charge on any atom is -0.462 e. The summed E-state index contributed by atoms with van der Waals surface area (Å²) in [6.45, 7) is 2.38. The SMILES string of the molecule is CCCCC(=O)CCCOC(=O)c1ccccc1. The number of carbonyl (C=O) groups is 2. The monoisotopic (exact) mass is 248 g/mol. The van der Waals surface area contributed by atoms with Crippen LogP contribution < -0.4 is 0 Å². The zero-order valence-corrected chi connectivity index (χ0v) is 10.9. The summed E-state index contributed by atoms with van der Waals surface area (Å²) in [6.07, 6.45) is 3.74. The molecule has 3 heteroatoms. The molecule has 1 aromatic rings. The molecule has 0 spiro atoms. The quantitative estimate of drug-likeness (QED) is 0.523. The van der Waals surface area contributed by atoms with Gasteiger partial charge in [-0.1, -0.05) is 31.5 Å². The first-order valence-electron chi connectivity index (χ1n) is 6.48. The molecule has 0 saturated carbocycles. The number of ether oxygens (including phenoxy) is 1. The van der Waals surface area contributed by atoms with Gasteiger partial charge >= 0.3 is 5.97 Å². The number of Topliss-reactive ketones (excluding diaryl/α,β-unsaturated/α-hetero) is 1. The Bertz CT molecular complexity index is 371. The molecule has 0 aliphatic carbocycles. The van der Waals surface area contributed by atoms with Crippen LogP contribution in [0.2, 0.25) is 0 Å². The van der Waals surface area contributed by atoms with Gasteiger partial charge in [-0.25, -0.2) is 4.79 Å². The topological polar surface area (TPSA) is 43.4 Å². The zero-order chi connectivity index (χ0) is 13.2. The van der Waals surface area contributed by atoms with Crippen molar-refractivity contribution in [3.05, 3.63) is 35.9 Å². The van der Waals surface area contributed by atoms with E-state index in [0.29, 0.717) is 31.4 Å².